The first-order chi connectivity index (χ1) is 11.0. The van der Waals surface area contributed by atoms with E-state index < -0.39 is 23.3 Å². The summed E-state index contributed by atoms with van der Waals surface area (Å²) in [5, 5.41) is 0. The molecule has 0 saturated carbocycles. The van der Waals surface area contributed by atoms with Gasteiger partial charge in [-0.05, 0) is 36.6 Å². The van der Waals surface area contributed by atoms with Gasteiger partial charge in [0.1, 0.15) is 0 Å². The van der Waals surface area contributed by atoms with Crippen molar-refractivity contribution in [3.05, 3.63) is 82.9 Å². The molecule has 0 heterocycles. The minimum Gasteiger partial charge on any atom is -0.204 e. The lowest BCUT2D eigenvalue weighted by atomic mass is 10.1. The van der Waals surface area contributed by atoms with E-state index in [-0.39, 0.29) is 11.1 Å². The van der Waals surface area contributed by atoms with Crippen LogP contribution in [0.25, 0.3) is 11.7 Å². The van der Waals surface area contributed by atoms with E-state index in [1.54, 1.807) is 12.1 Å². The molecule has 0 radical (unpaired) electrons. The largest absolute Gasteiger partial charge is 0.204 e. The van der Waals surface area contributed by atoms with Crippen LogP contribution >= 0.6 is 0 Å². The molecule has 0 aliphatic heterocycles. The van der Waals surface area contributed by atoms with Crippen molar-refractivity contribution < 1.29 is 17.6 Å². The van der Waals surface area contributed by atoms with Crippen molar-refractivity contribution in [2.24, 2.45) is 0 Å². The zero-order valence-electron chi connectivity index (χ0n) is 12.6. The first-order valence-electron chi connectivity index (χ1n) is 7.28. The minimum absolute atomic E-state index is 0.0513. The van der Waals surface area contributed by atoms with E-state index in [1.165, 1.54) is 12.1 Å². The van der Waals surface area contributed by atoms with Crippen LogP contribution in [0.15, 0.2) is 54.6 Å². The smallest absolute Gasteiger partial charge is 0.166 e. The highest BCUT2D eigenvalue weighted by atomic mass is 19.2. The van der Waals surface area contributed by atoms with Crippen LogP contribution in [0.3, 0.4) is 0 Å². The second kappa shape index (κ2) is 7.77. The molecule has 2 aromatic carbocycles. The van der Waals surface area contributed by atoms with Gasteiger partial charge in [-0.25, -0.2) is 17.6 Å². The second-order valence-electron chi connectivity index (χ2n) is 5.04. The normalized spacial score (nSPS) is 12.6. The maximum Gasteiger partial charge on any atom is 0.166 e. The fourth-order valence-electron chi connectivity index (χ4n) is 2.06. The molecule has 0 spiro atoms. The molecule has 4 heteroatoms. The van der Waals surface area contributed by atoms with E-state index >= 15 is 0 Å². The van der Waals surface area contributed by atoms with Crippen molar-refractivity contribution in [1.29, 1.82) is 0 Å². The van der Waals surface area contributed by atoms with Gasteiger partial charge in [0, 0.05) is 11.1 Å². The van der Waals surface area contributed by atoms with Crippen molar-refractivity contribution in [1.82, 2.24) is 0 Å². The Balaban J connectivity index is 2.25. The summed E-state index contributed by atoms with van der Waals surface area (Å²) in [7, 11) is 0. The summed E-state index contributed by atoms with van der Waals surface area (Å²) in [5.74, 6) is -4.65. The summed E-state index contributed by atoms with van der Waals surface area (Å²) in [4.78, 5) is 0. The van der Waals surface area contributed by atoms with E-state index in [1.807, 2.05) is 19.1 Å². The van der Waals surface area contributed by atoms with E-state index in [0.717, 1.165) is 24.1 Å². The van der Waals surface area contributed by atoms with Gasteiger partial charge in [0.05, 0.1) is 0 Å². The summed E-state index contributed by atoms with van der Waals surface area (Å²) >= 11 is 0. The zero-order chi connectivity index (χ0) is 16.8. The lowest BCUT2D eigenvalue weighted by Gasteiger charge is -2.04. The van der Waals surface area contributed by atoms with E-state index in [9.17, 15) is 17.6 Å². The number of hydrogen-bond acceptors (Lipinski definition) is 0. The number of halogens is 4. The van der Waals surface area contributed by atoms with Gasteiger partial charge in [-0.3, -0.25) is 0 Å². The van der Waals surface area contributed by atoms with Crippen LogP contribution in [0.4, 0.5) is 17.6 Å². The topological polar surface area (TPSA) is 0 Å². The van der Waals surface area contributed by atoms with Gasteiger partial charge in [0.25, 0.3) is 0 Å². The summed E-state index contributed by atoms with van der Waals surface area (Å²) in [6.45, 7) is 2.03. The fraction of sp³-hybridized carbons (Fsp3) is 0.158. The fourth-order valence-corrected chi connectivity index (χ4v) is 2.06. The lowest BCUT2D eigenvalue weighted by molar-refractivity contribution is 0.507. The molecular formula is C19H16F4. The Kier molecular flexibility index (Phi) is 5.74. The summed E-state index contributed by atoms with van der Waals surface area (Å²) < 4.78 is 54.2. The van der Waals surface area contributed by atoms with Gasteiger partial charge in [0.2, 0.25) is 0 Å². The Labute approximate surface area is 132 Å². The maximum atomic E-state index is 14.2. The summed E-state index contributed by atoms with van der Waals surface area (Å²) in [5.41, 5.74) is 0.686. The van der Waals surface area contributed by atoms with E-state index in [2.05, 4.69) is 0 Å². The highest BCUT2D eigenvalue weighted by molar-refractivity contribution is 5.83. The number of rotatable bonds is 5. The predicted molar refractivity (Wildman–Crippen MR) is 85.0 cm³/mol. The summed E-state index contributed by atoms with van der Waals surface area (Å²) in [6.07, 6.45) is 5.68. The molecule has 0 fully saturated rings. The Bertz CT molecular complexity index is 728. The second-order valence-corrected chi connectivity index (χ2v) is 5.04. The van der Waals surface area contributed by atoms with Crippen LogP contribution in [0.5, 0.6) is 0 Å². The molecular weight excluding hydrogens is 304 g/mol. The third-order valence-corrected chi connectivity index (χ3v) is 3.33. The van der Waals surface area contributed by atoms with Crippen molar-refractivity contribution in [3.63, 3.8) is 0 Å². The Morgan fingerprint density at radius 3 is 2.04 bits per heavy atom. The average Bonchev–Trinajstić information content (AvgIpc) is 2.57. The van der Waals surface area contributed by atoms with Crippen molar-refractivity contribution in [3.8, 4) is 0 Å². The molecule has 2 rings (SSSR count). The lowest BCUT2D eigenvalue weighted by Crippen LogP contribution is -1.89. The molecule has 0 aliphatic rings. The quantitative estimate of drug-likeness (QED) is 0.347. The van der Waals surface area contributed by atoms with Crippen LogP contribution in [0.2, 0.25) is 0 Å². The highest BCUT2D eigenvalue weighted by Crippen LogP contribution is 2.29. The molecule has 0 atom stereocenters. The number of allylic oxidation sites excluding steroid dienone is 2. The van der Waals surface area contributed by atoms with E-state index in [4.69, 9.17) is 0 Å². The molecule has 0 amide bonds. The monoisotopic (exact) mass is 320 g/mol. The molecule has 120 valence electrons. The molecule has 0 N–H and O–H groups in total. The highest BCUT2D eigenvalue weighted by Gasteiger charge is 2.13. The van der Waals surface area contributed by atoms with Gasteiger partial charge in [0.15, 0.2) is 23.3 Å². The molecule has 0 nitrogen and oxygen atoms in total. The molecule has 2 aromatic rings. The third-order valence-electron chi connectivity index (χ3n) is 3.33. The molecule has 0 saturated heterocycles. The van der Waals surface area contributed by atoms with E-state index in [0.29, 0.717) is 12.5 Å². The minimum atomic E-state index is -1.22. The Morgan fingerprint density at radius 2 is 1.43 bits per heavy atom. The van der Waals surface area contributed by atoms with Crippen molar-refractivity contribution in [2.45, 2.75) is 19.8 Å². The van der Waals surface area contributed by atoms with Crippen LogP contribution in [-0.4, -0.2) is 0 Å². The molecule has 0 aliphatic carbocycles. The average molecular weight is 320 g/mol. The SMILES string of the molecule is CC/C=C/Cc1ccc(C(F)=C(F)c2ccc(F)c(F)c2)cc1. The van der Waals surface area contributed by atoms with Crippen LogP contribution in [0, 0.1) is 11.6 Å². The first-order valence-corrected chi connectivity index (χ1v) is 7.28. The van der Waals surface area contributed by atoms with Gasteiger partial charge in [-0.1, -0.05) is 43.3 Å². The van der Waals surface area contributed by atoms with Gasteiger partial charge in [-0.2, -0.15) is 0 Å². The molecule has 0 aromatic heterocycles. The molecule has 0 unspecified atom stereocenters. The van der Waals surface area contributed by atoms with Crippen LogP contribution in [0.1, 0.15) is 30.0 Å². The Morgan fingerprint density at radius 1 is 0.826 bits per heavy atom. The predicted octanol–water partition coefficient (Wildman–Crippen LogP) is 6.24. The molecule has 23 heavy (non-hydrogen) atoms. The first kappa shape index (κ1) is 17.0. The Hall–Kier alpha value is -2.36. The summed E-state index contributed by atoms with van der Waals surface area (Å²) in [6, 6.07) is 8.72. The van der Waals surface area contributed by atoms with Crippen molar-refractivity contribution in [2.75, 3.05) is 0 Å². The van der Waals surface area contributed by atoms with Gasteiger partial charge in [-0.15, -0.1) is 0 Å². The third kappa shape index (κ3) is 4.31. The van der Waals surface area contributed by atoms with Crippen LogP contribution in [-0.2, 0) is 6.42 Å². The number of benzene rings is 2. The van der Waals surface area contributed by atoms with Crippen LogP contribution < -0.4 is 0 Å². The van der Waals surface area contributed by atoms with Gasteiger partial charge < -0.3 is 0 Å². The van der Waals surface area contributed by atoms with Gasteiger partial charge >= 0.3 is 0 Å². The zero-order valence-corrected chi connectivity index (χ0v) is 12.6. The standard InChI is InChI=1S/C19H16F4/c1-2-3-4-5-13-6-8-14(9-7-13)18(22)19(23)15-10-11-16(20)17(21)12-15/h3-4,6-12H,2,5H2,1H3/b4-3+,19-18?. The number of hydrogen-bond donors (Lipinski definition) is 0. The maximum absolute atomic E-state index is 14.2. The van der Waals surface area contributed by atoms with Crippen molar-refractivity contribution >= 4 is 11.7 Å². The molecule has 0 bridgehead atoms.